The number of methoxy groups -OCH3 is 3. The van der Waals surface area contributed by atoms with Crippen molar-refractivity contribution in [2.45, 2.75) is 181 Å². The molecule has 0 spiro atoms. The largest absolute Gasteiger partial charge is 0.460 e. The van der Waals surface area contributed by atoms with E-state index in [1.807, 2.05) is 58.1 Å². The summed E-state index contributed by atoms with van der Waals surface area (Å²) >= 11 is 0. The number of amides is 1. The van der Waals surface area contributed by atoms with E-state index in [9.17, 15) is 34.2 Å². The van der Waals surface area contributed by atoms with E-state index in [1.54, 1.807) is 41.1 Å². The molecule has 1 amide bonds. The molecule has 2 bridgehead atoms. The molecule has 0 aromatic carbocycles. The molecule has 2 saturated heterocycles. The van der Waals surface area contributed by atoms with Crippen molar-refractivity contribution < 1.29 is 57.9 Å². The van der Waals surface area contributed by atoms with Crippen molar-refractivity contribution in [1.82, 2.24) is 4.90 Å². The molecule has 3 heterocycles. The van der Waals surface area contributed by atoms with Crippen molar-refractivity contribution >= 4 is 29.2 Å². The number of Topliss-reactive ketones (excluding diaryl/α,β-unsaturated/α-hetero) is 3. The normalized spacial score (nSPS) is 39.1. The number of piperidine rings is 1. The first-order valence-corrected chi connectivity index (χ1v) is 24.2. The van der Waals surface area contributed by atoms with Gasteiger partial charge in [-0.05, 0) is 113 Å². The average Bonchev–Trinajstić information content (AvgIpc) is 3.28. The lowest BCUT2D eigenvalue weighted by Crippen LogP contribution is -2.61. The van der Waals surface area contributed by atoms with Gasteiger partial charge >= 0.3 is 5.97 Å². The lowest BCUT2D eigenvalue weighted by atomic mass is 9.76. The van der Waals surface area contributed by atoms with E-state index in [2.05, 4.69) is 6.92 Å². The standard InChI is InChI=1S/C52H81NO12/c1-31-17-13-12-14-18-32(2)44(62-10)29-40-23-21-38(8)52(60,65-40)49(57)50(58)53-24-16-15-19-41(53)51(59)64-45(35(5)27-39-22-20-33(3)43(28-39)61-9)30-42(54)34(4)26-37(7)47(56)48(63-11)46(55)36(6)25-31/h12-14,17-18,26,31,33-36,38-41,43-45,47-48,56,60H,15-16,19-25,27-30H2,1-11H3/b14-12?,17-13+,32-18?,37-26+/t31-,33-,34-,35-,36-,38-,39+,40+,41?,43-,44+,45+,47-,48+,52-/m1/s1. The first kappa shape index (κ1) is 54.3. The van der Waals surface area contributed by atoms with E-state index in [1.165, 1.54) is 12.0 Å². The Bertz CT molecular complexity index is 1750. The molecule has 13 nitrogen and oxygen atoms in total. The number of fused-ring (bicyclic) bond motifs is 3. The first-order valence-electron chi connectivity index (χ1n) is 24.2. The van der Waals surface area contributed by atoms with E-state index in [0.717, 1.165) is 24.8 Å². The van der Waals surface area contributed by atoms with Gasteiger partial charge in [0.2, 0.25) is 5.79 Å². The molecule has 15 atom stereocenters. The number of ketones is 3. The Hall–Kier alpha value is -3.33. The average molecular weight is 912 g/mol. The fraction of sp³-hybridized carbons (Fsp3) is 0.750. The molecule has 2 N–H and O–H groups in total. The van der Waals surface area contributed by atoms with Crippen LogP contribution in [0.2, 0.25) is 0 Å². The summed E-state index contributed by atoms with van der Waals surface area (Å²) in [7, 11) is 4.70. The molecule has 0 aromatic rings. The summed E-state index contributed by atoms with van der Waals surface area (Å²) < 4.78 is 29.7. The van der Waals surface area contributed by atoms with Crippen molar-refractivity contribution in [2.75, 3.05) is 27.9 Å². The highest BCUT2D eigenvalue weighted by Crippen LogP contribution is 2.38. The molecule has 3 fully saturated rings. The van der Waals surface area contributed by atoms with Gasteiger partial charge in [0, 0.05) is 58.5 Å². The van der Waals surface area contributed by atoms with Gasteiger partial charge in [-0.2, -0.15) is 0 Å². The number of cyclic esters (lactones) is 1. The van der Waals surface area contributed by atoms with Gasteiger partial charge in [-0.25, -0.2) is 4.79 Å². The maximum atomic E-state index is 14.4. The number of aliphatic hydroxyl groups excluding tert-OH is 1. The quantitative estimate of drug-likeness (QED) is 0.153. The van der Waals surface area contributed by atoms with Gasteiger partial charge in [0.15, 0.2) is 5.78 Å². The molecule has 0 aromatic heterocycles. The fourth-order valence-corrected chi connectivity index (χ4v) is 10.4. The monoisotopic (exact) mass is 912 g/mol. The van der Waals surface area contributed by atoms with Crippen molar-refractivity contribution in [3.63, 3.8) is 0 Å². The van der Waals surface area contributed by atoms with Crippen LogP contribution in [-0.2, 0) is 47.7 Å². The third kappa shape index (κ3) is 14.3. The van der Waals surface area contributed by atoms with Crippen LogP contribution in [0.5, 0.6) is 0 Å². The van der Waals surface area contributed by atoms with E-state index >= 15 is 0 Å². The van der Waals surface area contributed by atoms with Crippen LogP contribution >= 0.6 is 0 Å². The molecule has 1 aliphatic carbocycles. The molecular weight excluding hydrogens is 831 g/mol. The number of ether oxygens (including phenoxy) is 5. The number of carbonyl (C=O) groups excluding carboxylic acids is 5. The topological polar surface area (TPSA) is 175 Å². The Labute approximate surface area is 388 Å². The summed E-state index contributed by atoms with van der Waals surface area (Å²) in [4.78, 5) is 71.9. The van der Waals surface area contributed by atoms with Crippen LogP contribution in [0.25, 0.3) is 0 Å². The van der Waals surface area contributed by atoms with Crippen molar-refractivity contribution in [3.8, 4) is 0 Å². The van der Waals surface area contributed by atoms with Gasteiger partial charge in [0.1, 0.15) is 30.1 Å². The number of carbonyl (C=O) groups is 5. The van der Waals surface area contributed by atoms with Gasteiger partial charge in [-0.1, -0.05) is 78.0 Å². The Morgan fingerprint density at radius 3 is 2.25 bits per heavy atom. The molecule has 0 radical (unpaired) electrons. The summed E-state index contributed by atoms with van der Waals surface area (Å²) in [5.41, 5.74) is 1.30. The number of allylic oxidation sites excluding steroid dienone is 6. The minimum absolute atomic E-state index is 0.0304. The van der Waals surface area contributed by atoms with E-state index in [-0.39, 0.29) is 54.8 Å². The SMILES string of the molecule is CO[C@H]1C[C@@H]2CC[C@@H](C)[C@@](O)(O2)C(=O)C(=O)N2CCCCC2C(=O)O[C@H]([C@H](C)C[C@@H]2CC[C@@H](C)[C@H](OC)C2)CC(=O)[C@H](C)/C=C(\C)[C@@H](O)[C@@H](OC)C(=O)[C@H](C)C[C@H](C)/C=C/C=CC=C1C. The van der Waals surface area contributed by atoms with Crippen LogP contribution in [0.4, 0.5) is 0 Å². The number of nitrogens with zero attached hydrogens (tertiary/aromatic N) is 1. The Kier molecular flexibility index (Phi) is 21.0. The molecular formula is C52H81NO12. The van der Waals surface area contributed by atoms with E-state index in [0.29, 0.717) is 56.4 Å². The van der Waals surface area contributed by atoms with E-state index in [4.69, 9.17) is 23.7 Å². The number of aliphatic hydroxyl groups is 2. The predicted octanol–water partition coefficient (Wildman–Crippen LogP) is 7.46. The van der Waals surface area contributed by atoms with Gasteiger partial charge in [0.25, 0.3) is 11.7 Å². The molecule has 1 saturated carbocycles. The van der Waals surface area contributed by atoms with Crippen molar-refractivity contribution in [3.05, 3.63) is 47.6 Å². The third-order valence-electron chi connectivity index (χ3n) is 14.8. The molecule has 13 heteroatoms. The van der Waals surface area contributed by atoms with Crippen LogP contribution in [0.3, 0.4) is 0 Å². The van der Waals surface area contributed by atoms with E-state index < -0.39 is 77.8 Å². The Morgan fingerprint density at radius 2 is 1.57 bits per heavy atom. The number of hydrogen-bond donors (Lipinski definition) is 2. The highest BCUT2D eigenvalue weighted by atomic mass is 16.6. The highest BCUT2D eigenvalue weighted by molar-refractivity contribution is 6.39. The van der Waals surface area contributed by atoms with Crippen LogP contribution in [0, 0.1) is 41.4 Å². The maximum absolute atomic E-state index is 14.4. The summed E-state index contributed by atoms with van der Waals surface area (Å²) in [5.74, 6) is -7.07. The zero-order valence-corrected chi connectivity index (χ0v) is 41.2. The second-order valence-electron chi connectivity index (χ2n) is 20.0. The second kappa shape index (κ2) is 25.2. The number of esters is 1. The summed E-state index contributed by atoms with van der Waals surface area (Å²) in [6.45, 7) is 15.1. The third-order valence-corrected chi connectivity index (χ3v) is 14.8. The van der Waals surface area contributed by atoms with Crippen molar-refractivity contribution in [1.29, 1.82) is 0 Å². The lowest BCUT2D eigenvalue weighted by molar-refractivity contribution is -0.265. The molecule has 4 aliphatic rings. The lowest BCUT2D eigenvalue weighted by Gasteiger charge is -2.42. The predicted molar refractivity (Wildman–Crippen MR) is 248 cm³/mol. The van der Waals surface area contributed by atoms with Gasteiger partial charge in [-0.15, -0.1) is 0 Å². The Balaban J connectivity index is 1.70. The van der Waals surface area contributed by atoms with Crippen molar-refractivity contribution in [2.24, 2.45) is 41.4 Å². The highest BCUT2D eigenvalue weighted by Gasteiger charge is 2.53. The summed E-state index contributed by atoms with van der Waals surface area (Å²) in [6, 6.07) is -1.11. The number of hydrogen-bond acceptors (Lipinski definition) is 12. The molecule has 366 valence electrons. The zero-order chi connectivity index (χ0) is 48.2. The van der Waals surface area contributed by atoms with Crippen LogP contribution in [-0.4, -0.2) is 121 Å². The minimum Gasteiger partial charge on any atom is -0.460 e. The minimum atomic E-state index is -2.41. The number of rotatable bonds is 6. The van der Waals surface area contributed by atoms with Crippen LogP contribution in [0.15, 0.2) is 47.6 Å². The molecule has 4 rings (SSSR count). The Morgan fingerprint density at radius 1 is 0.846 bits per heavy atom. The van der Waals surface area contributed by atoms with Crippen LogP contribution in [0.1, 0.15) is 132 Å². The van der Waals surface area contributed by atoms with Gasteiger partial charge in [-0.3, -0.25) is 19.2 Å². The summed E-state index contributed by atoms with van der Waals surface area (Å²) in [5, 5.41) is 23.4. The van der Waals surface area contributed by atoms with Gasteiger partial charge in [0.05, 0.1) is 18.3 Å². The maximum Gasteiger partial charge on any atom is 0.329 e. The van der Waals surface area contributed by atoms with Gasteiger partial charge < -0.3 is 38.8 Å². The molecule has 1 unspecified atom stereocenters. The fourth-order valence-electron chi connectivity index (χ4n) is 10.4. The zero-order valence-electron chi connectivity index (χ0n) is 41.2. The smallest absolute Gasteiger partial charge is 0.329 e. The molecule has 65 heavy (non-hydrogen) atoms. The summed E-state index contributed by atoms with van der Waals surface area (Å²) in [6.07, 6.45) is 13.6. The first-order chi connectivity index (χ1) is 30.7. The molecule has 3 aliphatic heterocycles. The van der Waals surface area contributed by atoms with Crippen LogP contribution < -0.4 is 0 Å². The second-order valence-corrected chi connectivity index (χ2v) is 20.0.